The molecule has 2 N–H and O–H groups in total. The number of methoxy groups -OCH3 is 2. The van der Waals surface area contributed by atoms with Crippen molar-refractivity contribution in [2.45, 2.75) is 13.3 Å². The molecule has 6 nitrogen and oxygen atoms in total. The quantitative estimate of drug-likeness (QED) is 0.407. The molecule has 0 bridgehead atoms. The highest BCUT2D eigenvalue weighted by Crippen LogP contribution is 2.27. The summed E-state index contributed by atoms with van der Waals surface area (Å²) in [5.41, 5.74) is 1.73. The minimum atomic E-state index is -3.95. The first-order chi connectivity index (χ1) is 10.4. The molecule has 22 heavy (non-hydrogen) atoms. The van der Waals surface area contributed by atoms with E-state index in [1.807, 2.05) is 18.2 Å². The van der Waals surface area contributed by atoms with Crippen LogP contribution in [0.25, 0.3) is 0 Å². The largest absolute Gasteiger partial charge is 0.493 e. The summed E-state index contributed by atoms with van der Waals surface area (Å²) in [5, 5.41) is 3.19. The molecule has 7 heteroatoms. The first-order valence-corrected chi connectivity index (χ1v) is 8.49. The van der Waals surface area contributed by atoms with Crippen molar-refractivity contribution in [2.24, 2.45) is 0 Å². The number of nitrogens with one attached hydrogen (secondary N) is 1. The zero-order chi connectivity index (χ0) is 16.6. The van der Waals surface area contributed by atoms with E-state index in [2.05, 4.69) is 5.32 Å². The summed E-state index contributed by atoms with van der Waals surface area (Å²) in [6.07, 6.45) is 2.56. The second-order valence-corrected chi connectivity index (χ2v) is 6.37. The van der Waals surface area contributed by atoms with E-state index < -0.39 is 10.1 Å². The Hall–Kier alpha value is -1.57. The summed E-state index contributed by atoms with van der Waals surface area (Å²) in [6, 6.07) is 5.77. The molecule has 0 amide bonds. The van der Waals surface area contributed by atoms with Gasteiger partial charge in [0, 0.05) is 6.54 Å². The van der Waals surface area contributed by atoms with Gasteiger partial charge >= 0.3 is 0 Å². The van der Waals surface area contributed by atoms with Crippen LogP contribution in [0.5, 0.6) is 11.5 Å². The molecule has 0 aliphatic rings. The Labute approximate surface area is 131 Å². The summed E-state index contributed by atoms with van der Waals surface area (Å²) in [5.74, 6) is 1.07. The summed E-state index contributed by atoms with van der Waals surface area (Å²) >= 11 is 0. The minimum absolute atomic E-state index is 0.329. The van der Waals surface area contributed by atoms with Crippen LogP contribution in [-0.2, 0) is 16.5 Å². The topological polar surface area (TPSA) is 84.9 Å². The van der Waals surface area contributed by atoms with E-state index in [9.17, 15) is 8.42 Å². The van der Waals surface area contributed by atoms with Crippen LogP contribution in [-0.4, -0.2) is 46.0 Å². The van der Waals surface area contributed by atoms with Gasteiger partial charge in [-0.25, -0.2) is 0 Å². The molecule has 0 atom stereocenters. The molecule has 0 radical (unpaired) electrons. The van der Waals surface area contributed by atoms with Gasteiger partial charge in [0.05, 0.1) is 20.0 Å². The third-order valence-electron chi connectivity index (χ3n) is 3.04. The van der Waals surface area contributed by atoms with Crippen LogP contribution in [0.2, 0.25) is 0 Å². The van der Waals surface area contributed by atoms with E-state index in [0.29, 0.717) is 23.6 Å². The molecule has 0 aliphatic carbocycles. The third-order valence-corrected chi connectivity index (χ3v) is 3.86. The summed E-state index contributed by atoms with van der Waals surface area (Å²) in [6.45, 7) is 2.96. The Kier molecular flexibility index (Phi) is 7.37. The molecule has 0 saturated heterocycles. The van der Waals surface area contributed by atoms with Crippen LogP contribution >= 0.6 is 0 Å². The lowest BCUT2D eigenvalue weighted by Crippen LogP contribution is -2.18. The number of hydrogen-bond donors (Lipinski definition) is 2. The van der Waals surface area contributed by atoms with Crippen LogP contribution < -0.4 is 14.8 Å². The Balaban J connectivity index is 2.40. The summed E-state index contributed by atoms with van der Waals surface area (Å²) < 4.78 is 40.6. The predicted molar refractivity (Wildman–Crippen MR) is 86.3 cm³/mol. The van der Waals surface area contributed by atoms with Gasteiger partial charge in [0.15, 0.2) is 11.5 Å². The normalized spacial score (nSPS) is 12.3. The van der Waals surface area contributed by atoms with Gasteiger partial charge in [-0.1, -0.05) is 17.7 Å². The van der Waals surface area contributed by atoms with Gasteiger partial charge < -0.3 is 14.8 Å². The maximum atomic E-state index is 10.7. The maximum Gasteiger partial charge on any atom is 0.268 e. The zero-order valence-electron chi connectivity index (χ0n) is 13.1. The smallest absolute Gasteiger partial charge is 0.268 e. The minimum Gasteiger partial charge on any atom is -0.493 e. The first-order valence-electron chi connectivity index (χ1n) is 6.88. The number of rotatable bonds is 9. The van der Waals surface area contributed by atoms with Crippen molar-refractivity contribution in [3.05, 3.63) is 35.4 Å². The fourth-order valence-corrected chi connectivity index (χ4v) is 2.66. The molecular weight excluding hydrogens is 306 g/mol. The van der Waals surface area contributed by atoms with E-state index in [4.69, 9.17) is 14.0 Å². The Morgan fingerprint density at radius 1 is 1.27 bits per heavy atom. The van der Waals surface area contributed by atoms with Gasteiger partial charge in [-0.2, -0.15) is 8.42 Å². The highest BCUT2D eigenvalue weighted by molar-refractivity contribution is 7.85. The Morgan fingerprint density at radius 2 is 1.95 bits per heavy atom. The van der Waals surface area contributed by atoms with Crippen LogP contribution in [0, 0.1) is 0 Å². The van der Waals surface area contributed by atoms with Crippen LogP contribution in [0.15, 0.2) is 29.8 Å². The van der Waals surface area contributed by atoms with Crippen molar-refractivity contribution in [1.82, 2.24) is 5.32 Å². The van der Waals surface area contributed by atoms with Crippen molar-refractivity contribution in [2.75, 3.05) is 33.1 Å². The average Bonchev–Trinajstić information content (AvgIpc) is 2.44. The maximum absolute atomic E-state index is 10.7. The van der Waals surface area contributed by atoms with E-state index in [-0.39, 0.29) is 5.75 Å². The first kappa shape index (κ1) is 18.5. The third kappa shape index (κ3) is 6.93. The van der Waals surface area contributed by atoms with Crippen LogP contribution in [0.3, 0.4) is 0 Å². The van der Waals surface area contributed by atoms with Crippen LogP contribution in [0.4, 0.5) is 0 Å². The van der Waals surface area contributed by atoms with Crippen molar-refractivity contribution < 1.29 is 22.4 Å². The lowest BCUT2D eigenvalue weighted by molar-refractivity contribution is 0.354. The molecule has 0 unspecified atom stereocenters. The summed E-state index contributed by atoms with van der Waals surface area (Å²) in [7, 11) is -0.748. The van der Waals surface area contributed by atoms with E-state index in [1.165, 1.54) is 0 Å². The van der Waals surface area contributed by atoms with E-state index in [0.717, 1.165) is 18.5 Å². The van der Waals surface area contributed by atoms with Crippen molar-refractivity contribution in [1.29, 1.82) is 0 Å². The zero-order valence-corrected chi connectivity index (χ0v) is 13.9. The number of ether oxygens (including phenoxy) is 2. The molecule has 0 heterocycles. The molecular formula is C15H23NO5S. The fraction of sp³-hybridized carbons (Fsp3) is 0.467. The highest BCUT2D eigenvalue weighted by Gasteiger charge is 2.05. The Morgan fingerprint density at radius 3 is 2.55 bits per heavy atom. The summed E-state index contributed by atoms with van der Waals surface area (Å²) in [4.78, 5) is 0. The van der Waals surface area contributed by atoms with Gasteiger partial charge in [0.1, 0.15) is 0 Å². The lowest BCUT2D eigenvalue weighted by Gasteiger charge is -2.09. The number of benzene rings is 1. The fourth-order valence-electron chi connectivity index (χ4n) is 1.96. The number of hydrogen-bond acceptors (Lipinski definition) is 5. The molecule has 1 aromatic carbocycles. The van der Waals surface area contributed by atoms with Crippen molar-refractivity contribution in [3.8, 4) is 11.5 Å². The van der Waals surface area contributed by atoms with Gasteiger partial charge in [-0.3, -0.25) is 4.55 Å². The van der Waals surface area contributed by atoms with Crippen molar-refractivity contribution >= 4 is 10.1 Å². The molecule has 1 rings (SSSR count). The van der Waals surface area contributed by atoms with Gasteiger partial charge in [0.25, 0.3) is 10.1 Å². The predicted octanol–water partition coefficient (Wildman–Crippen LogP) is 1.67. The molecule has 0 aliphatic heterocycles. The van der Waals surface area contributed by atoms with Crippen LogP contribution in [0.1, 0.15) is 12.5 Å². The highest BCUT2D eigenvalue weighted by atomic mass is 32.2. The molecule has 124 valence electrons. The second kappa shape index (κ2) is 8.77. The monoisotopic (exact) mass is 329 g/mol. The molecule has 1 aromatic rings. The van der Waals surface area contributed by atoms with Gasteiger partial charge in [-0.05, 0) is 37.6 Å². The Bertz CT molecular complexity index is 610. The lowest BCUT2D eigenvalue weighted by atomic mass is 10.1. The van der Waals surface area contributed by atoms with Crippen molar-refractivity contribution in [3.63, 3.8) is 0 Å². The standard InChI is InChI=1S/C15H23NO5S/c1-12(11-22(17,18)19)6-8-16-9-7-13-4-5-14(20-2)15(10-13)21-3/h4-6,10,16H,7-9,11H2,1-3H3,(H,17,18,19)/b12-6-. The second-order valence-electron chi connectivity index (χ2n) is 4.92. The molecule has 0 fully saturated rings. The van der Waals surface area contributed by atoms with E-state index in [1.54, 1.807) is 27.2 Å². The van der Waals surface area contributed by atoms with Gasteiger partial charge in [0.2, 0.25) is 0 Å². The SMILES string of the molecule is COc1ccc(CCNC/C=C(/C)CS(=O)(=O)O)cc1OC. The van der Waals surface area contributed by atoms with Gasteiger partial charge in [-0.15, -0.1) is 0 Å². The average molecular weight is 329 g/mol. The molecule has 0 spiro atoms. The molecule has 0 saturated carbocycles. The molecule has 0 aromatic heterocycles. The van der Waals surface area contributed by atoms with E-state index >= 15 is 0 Å².